The fourth-order valence-corrected chi connectivity index (χ4v) is 3.90. The Bertz CT molecular complexity index is 1230. The topological polar surface area (TPSA) is 66.1 Å². The molecule has 1 heterocycles. The van der Waals surface area contributed by atoms with Crippen LogP contribution in [0.15, 0.2) is 53.3 Å². The molecule has 35 heavy (non-hydrogen) atoms. The van der Waals surface area contributed by atoms with Crippen LogP contribution in [-0.2, 0) is 13.0 Å². The lowest BCUT2D eigenvalue weighted by molar-refractivity contribution is 0.112. The fourth-order valence-electron chi connectivity index (χ4n) is 3.90. The summed E-state index contributed by atoms with van der Waals surface area (Å²) >= 11 is 0. The van der Waals surface area contributed by atoms with Crippen LogP contribution in [0.25, 0.3) is 11.3 Å². The van der Waals surface area contributed by atoms with Gasteiger partial charge in [-0.15, -0.1) is 0 Å². The Morgan fingerprint density at radius 1 is 1.00 bits per heavy atom. The van der Waals surface area contributed by atoms with Crippen molar-refractivity contribution in [3.8, 4) is 17.3 Å². The smallest absolute Gasteiger partial charge is 0.269 e. The quantitative estimate of drug-likeness (QED) is 0.391. The van der Waals surface area contributed by atoms with Crippen molar-refractivity contribution >= 4 is 6.29 Å². The van der Waals surface area contributed by atoms with Gasteiger partial charge < -0.3 is 9.47 Å². The minimum atomic E-state index is -0.295. The molecule has 5 heteroatoms. The molecule has 5 nitrogen and oxygen atoms in total. The number of hydrogen-bond acceptors (Lipinski definition) is 4. The maximum atomic E-state index is 13.1. The number of nitrogens with zero attached hydrogens (tertiary/aromatic N) is 3. The predicted octanol–water partition coefficient (Wildman–Crippen LogP) is 5.78. The van der Waals surface area contributed by atoms with Crippen LogP contribution in [0.3, 0.4) is 0 Å². The first kappa shape index (κ1) is 27.8. The van der Waals surface area contributed by atoms with E-state index in [0.29, 0.717) is 17.7 Å². The van der Waals surface area contributed by atoms with Gasteiger partial charge in [0.05, 0.1) is 12.2 Å². The number of aldehydes is 1. The third-order valence-corrected chi connectivity index (χ3v) is 6.24. The zero-order valence-corrected chi connectivity index (χ0v) is 21.9. The van der Waals surface area contributed by atoms with Gasteiger partial charge in [-0.05, 0) is 80.7 Å². The lowest BCUT2D eigenvalue weighted by Crippen LogP contribution is -2.26. The van der Waals surface area contributed by atoms with E-state index in [9.17, 15) is 14.9 Å². The Hall–Kier alpha value is -3.49. The van der Waals surface area contributed by atoms with Gasteiger partial charge in [0.15, 0.2) is 0 Å². The van der Waals surface area contributed by atoms with E-state index in [1.54, 1.807) is 23.6 Å². The standard InChI is InChI=1S/C24H22N2O2.C6H15N/c1-4-18-5-10-21(16(2)11-18)14-26-23(12-17(3)22(13-25)24(26)28)20-8-6-19(15-27)7-9-20;1-4-6-7(3)5-2/h5-12,15H,4,14H2,1-3H3;4-6H2,1-3H3. The minimum absolute atomic E-state index is 0.163. The maximum Gasteiger partial charge on any atom is 0.269 e. The molecule has 3 aromatic rings. The van der Waals surface area contributed by atoms with Crippen molar-refractivity contribution in [3.05, 3.63) is 92.3 Å². The van der Waals surface area contributed by atoms with Gasteiger partial charge in [-0.1, -0.05) is 63.2 Å². The molecule has 0 aliphatic rings. The predicted molar refractivity (Wildman–Crippen MR) is 144 cm³/mol. The number of carbonyl (C=O) groups excluding carboxylic acids is 1. The average Bonchev–Trinajstić information content (AvgIpc) is 2.87. The molecule has 184 valence electrons. The zero-order valence-electron chi connectivity index (χ0n) is 21.9. The first-order valence-corrected chi connectivity index (χ1v) is 12.3. The first-order valence-electron chi connectivity index (χ1n) is 12.3. The second-order valence-corrected chi connectivity index (χ2v) is 8.84. The molecule has 0 aliphatic carbocycles. The van der Waals surface area contributed by atoms with Crippen molar-refractivity contribution in [2.24, 2.45) is 0 Å². The molecule has 0 amide bonds. The van der Waals surface area contributed by atoms with Gasteiger partial charge in [0.25, 0.3) is 5.56 Å². The van der Waals surface area contributed by atoms with Gasteiger partial charge in [0.2, 0.25) is 0 Å². The van der Waals surface area contributed by atoms with Crippen LogP contribution >= 0.6 is 0 Å². The molecular formula is C30H37N3O2. The second-order valence-electron chi connectivity index (χ2n) is 8.84. The first-order chi connectivity index (χ1) is 16.8. The highest BCUT2D eigenvalue weighted by Crippen LogP contribution is 2.23. The normalized spacial score (nSPS) is 10.5. The van der Waals surface area contributed by atoms with Crippen LogP contribution < -0.4 is 5.56 Å². The Balaban J connectivity index is 0.000000540. The van der Waals surface area contributed by atoms with Crippen molar-refractivity contribution < 1.29 is 4.79 Å². The molecule has 2 aromatic carbocycles. The van der Waals surface area contributed by atoms with Gasteiger partial charge in [-0.25, -0.2) is 0 Å². The molecule has 0 saturated heterocycles. The monoisotopic (exact) mass is 471 g/mol. The van der Waals surface area contributed by atoms with Crippen LogP contribution in [-0.4, -0.2) is 35.9 Å². The third-order valence-electron chi connectivity index (χ3n) is 6.24. The van der Waals surface area contributed by atoms with Crippen LogP contribution in [0, 0.1) is 25.2 Å². The van der Waals surface area contributed by atoms with E-state index in [2.05, 4.69) is 44.9 Å². The molecule has 0 unspecified atom stereocenters. The maximum absolute atomic E-state index is 13.1. The summed E-state index contributed by atoms with van der Waals surface area (Å²) < 4.78 is 1.65. The molecule has 0 radical (unpaired) electrons. The average molecular weight is 472 g/mol. The number of aryl methyl sites for hydroxylation is 3. The molecule has 0 spiro atoms. The van der Waals surface area contributed by atoms with Gasteiger partial charge >= 0.3 is 0 Å². The molecular weight excluding hydrogens is 434 g/mol. The number of benzene rings is 2. The highest BCUT2D eigenvalue weighted by Gasteiger charge is 2.15. The molecule has 0 atom stereocenters. The number of pyridine rings is 1. The SMILES string of the molecule is CCCN(C)CC.CCc1ccc(Cn2c(-c3ccc(C=O)cc3)cc(C)c(C#N)c2=O)c(C)c1. The molecule has 0 aliphatic heterocycles. The Morgan fingerprint density at radius 2 is 1.69 bits per heavy atom. The van der Waals surface area contributed by atoms with E-state index in [0.717, 1.165) is 35.1 Å². The van der Waals surface area contributed by atoms with Crippen molar-refractivity contribution in [2.45, 2.75) is 54.0 Å². The van der Waals surface area contributed by atoms with Crippen molar-refractivity contribution in [3.63, 3.8) is 0 Å². The summed E-state index contributed by atoms with van der Waals surface area (Å²) in [7, 11) is 2.14. The third kappa shape index (κ3) is 7.24. The van der Waals surface area contributed by atoms with Crippen LogP contribution in [0.2, 0.25) is 0 Å². The molecule has 3 rings (SSSR count). The van der Waals surface area contributed by atoms with Gasteiger partial charge in [0, 0.05) is 5.56 Å². The van der Waals surface area contributed by atoms with Crippen molar-refractivity contribution in [2.75, 3.05) is 20.1 Å². The highest BCUT2D eigenvalue weighted by atomic mass is 16.1. The highest BCUT2D eigenvalue weighted by molar-refractivity contribution is 5.76. The van der Waals surface area contributed by atoms with E-state index < -0.39 is 0 Å². The molecule has 1 aromatic heterocycles. The summed E-state index contributed by atoms with van der Waals surface area (Å²) in [6.07, 6.45) is 3.02. The lowest BCUT2D eigenvalue weighted by Gasteiger charge is -2.17. The number of carbonyl (C=O) groups is 1. The van der Waals surface area contributed by atoms with Crippen LogP contribution in [0.4, 0.5) is 0 Å². The van der Waals surface area contributed by atoms with Gasteiger partial charge in [0.1, 0.15) is 17.9 Å². The second kappa shape index (κ2) is 13.4. The Kier molecular flexibility index (Phi) is 10.6. The minimum Gasteiger partial charge on any atom is -0.307 e. The summed E-state index contributed by atoms with van der Waals surface area (Å²) in [5.41, 5.74) is 6.07. The van der Waals surface area contributed by atoms with Gasteiger partial charge in [-0.2, -0.15) is 5.26 Å². The molecule has 0 saturated carbocycles. The van der Waals surface area contributed by atoms with Crippen molar-refractivity contribution in [1.82, 2.24) is 9.47 Å². The Morgan fingerprint density at radius 3 is 2.17 bits per heavy atom. The van der Waals surface area contributed by atoms with E-state index >= 15 is 0 Å². The number of rotatable bonds is 8. The van der Waals surface area contributed by atoms with E-state index in [4.69, 9.17) is 0 Å². The lowest BCUT2D eigenvalue weighted by atomic mass is 10.0. The summed E-state index contributed by atoms with van der Waals surface area (Å²) in [6, 6.07) is 17.3. The molecule has 0 fully saturated rings. The van der Waals surface area contributed by atoms with Gasteiger partial charge in [-0.3, -0.25) is 9.59 Å². The van der Waals surface area contributed by atoms with Crippen LogP contribution in [0.5, 0.6) is 0 Å². The fraction of sp³-hybridized carbons (Fsp3) is 0.367. The summed E-state index contributed by atoms with van der Waals surface area (Å²) in [5.74, 6) is 0. The van der Waals surface area contributed by atoms with Crippen molar-refractivity contribution in [1.29, 1.82) is 5.26 Å². The molecule has 0 N–H and O–H groups in total. The number of hydrogen-bond donors (Lipinski definition) is 0. The summed E-state index contributed by atoms with van der Waals surface area (Å²) in [4.78, 5) is 26.3. The largest absolute Gasteiger partial charge is 0.307 e. The zero-order chi connectivity index (χ0) is 26.0. The molecule has 0 bridgehead atoms. The Labute approximate surface area is 209 Å². The number of aromatic nitrogens is 1. The van der Waals surface area contributed by atoms with E-state index in [1.807, 2.05) is 37.3 Å². The van der Waals surface area contributed by atoms with E-state index in [-0.39, 0.29) is 11.1 Å². The number of nitriles is 1. The summed E-state index contributed by atoms with van der Waals surface area (Å²) in [6.45, 7) is 13.1. The van der Waals surface area contributed by atoms with E-state index in [1.165, 1.54) is 25.1 Å². The van der Waals surface area contributed by atoms with Crippen LogP contribution in [0.1, 0.15) is 65.4 Å². The summed E-state index contributed by atoms with van der Waals surface area (Å²) in [5, 5.41) is 9.44.